The third-order valence-corrected chi connectivity index (χ3v) is 3.66. The van der Waals surface area contributed by atoms with Crippen molar-refractivity contribution in [3.05, 3.63) is 34.9 Å². The summed E-state index contributed by atoms with van der Waals surface area (Å²) in [5, 5.41) is 9.48. The molecule has 122 valence electrons. The number of benzene rings is 1. The van der Waals surface area contributed by atoms with Gasteiger partial charge in [-0.1, -0.05) is 17.7 Å². The van der Waals surface area contributed by atoms with Crippen molar-refractivity contribution < 1.29 is 14.7 Å². The summed E-state index contributed by atoms with van der Waals surface area (Å²) in [5.41, 5.74) is 2.67. The number of aliphatic hydroxyl groups excluding tert-OH is 1. The molecule has 1 aromatic carbocycles. The highest BCUT2D eigenvalue weighted by Crippen LogP contribution is 2.15. The molecule has 0 heterocycles. The lowest BCUT2D eigenvalue weighted by Crippen LogP contribution is -2.41. The summed E-state index contributed by atoms with van der Waals surface area (Å²) in [4.78, 5) is 26.2. The van der Waals surface area contributed by atoms with Gasteiger partial charge in [0.2, 0.25) is 5.91 Å². The highest BCUT2D eigenvalue weighted by Gasteiger charge is 2.20. The molecule has 1 rings (SSSR count). The maximum absolute atomic E-state index is 12.3. The fraction of sp³-hybridized carbons (Fsp3) is 0.556. The van der Waals surface area contributed by atoms with Gasteiger partial charge in [0.05, 0.1) is 6.10 Å². The molecule has 1 amide bonds. The fourth-order valence-electron chi connectivity index (χ4n) is 2.42. The lowest BCUT2D eigenvalue weighted by Gasteiger charge is -2.28. The van der Waals surface area contributed by atoms with Gasteiger partial charge in [0.1, 0.15) is 0 Å². The second-order valence-electron chi connectivity index (χ2n) is 6.23. The van der Waals surface area contributed by atoms with Gasteiger partial charge in [0.25, 0.3) is 0 Å². The van der Waals surface area contributed by atoms with Crippen LogP contribution in [0, 0.1) is 13.8 Å². The van der Waals surface area contributed by atoms with Crippen LogP contribution in [0.1, 0.15) is 55.1 Å². The molecule has 0 aromatic heterocycles. The highest BCUT2D eigenvalue weighted by molar-refractivity contribution is 5.99. The largest absolute Gasteiger partial charge is 0.392 e. The van der Waals surface area contributed by atoms with E-state index in [-0.39, 0.29) is 30.6 Å². The molecule has 0 saturated heterocycles. The number of amides is 1. The van der Waals surface area contributed by atoms with Crippen molar-refractivity contribution in [2.24, 2.45) is 0 Å². The monoisotopic (exact) mass is 305 g/mol. The van der Waals surface area contributed by atoms with Gasteiger partial charge in [-0.05, 0) is 46.2 Å². The number of nitrogens with zero attached hydrogens (tertiary/aromatic N) is 1. The van der Waals surface area contributed by atoms with Crippen LogP contribution in [0.2, 0.25) is 0 Å². The van der Waals surface area contributed by atoms with Crippen molar-refractivity contribution in [2.75, 3.05) is 6.54 Å². The van der Waals surface area contributed by atoms with Crippen molar-refractivity contribution in [3.8, 4) is 0 Å². The van der Waals surface area contributed by atoms with Crippen molar-refractivity contribution in [1.82, 2.24) is 4.90 Å². The summed E-state index contributed by atoms with van der Waals surface area (Å²) >= 11 is 0. The van der Waals surface area contributed by atoms with Crippen molar-refractivity contribution in [1.29, 1.82) is 0 Å². The number of rotatable bonds is 7. The Morgan fingerprint density at radius 3 is 2.32 bits per heavy atom. The van der Waals surface area contributed by atoms with Gasteiger partial charge in [-0.2, -0.15) is 0 Å². The third kappa shape index (κ3) is 5.26. The van der Waals surface area contributed by atoms with E-state index in [4.69, 9.17) is 0 Å². The van der Waals surface area contributed by atoms with E-state index in [1.165, 1.54) is 0 Å². The number of carbonyl (C=O) groups is 2. The number of ketones is 1. The van der Waals surface area contributed by atoms with Crippen molar-refractivity contribution in [3.63, 3.8) is 0 Å². The average molecular weight is 305 g/mol. The van der Waals surface area contributed by atoms with Gasteiger partial charge in [-0.25, -0.2) is 0 Å². The topological polar surface area (TPSA) is 57.6 Å². The molecular formula is C18H27NO3. The minimum atomic E-state index is -0.568. The Kier molecular flexibility index (Phi) is 6.75. The van der Waals surface area contributed by atoms with Crippen LogP contribution in [0.5, 0.6) is 0 Å². The molecule has 0 aliphatic heterocycles. The summed E-state index contributed by atoms with van der Waals surface area (Å²) < 4.78 is 0. The van der Waals surface area contributed by atoms with E-state index in [9.17, 15) is 14.7 Å². The molecular weight excluding hydrogens is 278 g/mol. The molecule has 1 aromatic rings. The fourth-order valence-corrected chi connectivity index (χ4v) is 2.42. The number of aliphatic hydroxyl groups is 1. The molecule has 1 N–H and O–H groups in total. The Labute approximate surface area is 133 Å². The van der Waals surface area contributed by atoms with E-state index >= 15 is 0 Å². The average Bonchev–Trinajstić information content (AvgIpc) is 2.43. The van der Waals surface area contributed by atoms with Gasteiger partial charge < -0.3 is 10.0 Å². The smallest absolute Gasteiger partial charge is 0.223 e. The minimum Gasteiger partial charge on any atom is -0.392 e. The first-order valence-electron chi connectivity index (χ1n) is 7.80. The lowest BCUT2D eigenvalue weighted by atomic mass is 9.99. The van der Waals surface area contributed by atoms with Gasteiger partial charge in [0.15, 0.2) is 5.78 Å². The third-order valence-electron chi connectivity index (χ3n) is 3.66. The van der Waals surface area contributed by atoms with Crippen LogP contribution in [-0.2, 0) is 4.79 Å². The predicted molar refractivity (Wildman–Crippen MR) is 88.0 cm³/mol. The van der Waals surface area contributed by atoms with E-state index in [2.05, 4.69) is 0 Å². The Balaban J connectivity index is 2.69. The zero-order chi connectivity index (χ0) is 16.9. The Bertz CT molecular complexity index is 535. The first-order chi connectivity index (χ1) is 10.2. The predicted octanol–water partition coefficient (Wildman–Crippen LogP) is 2.88. The van der Waals surface area contributed by atoms with E-state index in [1.54, 1.807) is 11.8 Å². The second-order valence-corrected chi connectivity index (χ2v) is 6.23. The van der Waals surface area contributed by atoms with Crippen LogP contribution >= 0.6 is 0 Å². The molecule has 0 aliphatic carbocycles. The van der Waals surface area contributed by atoms with E-state index in [0.717, 1.165) is 11.1 Å². The summed E-state index contributed by atoms with van der Waals surface area (Å²) in [5.74, 6) is -0.0927. The molecule has 4 heteroatoms. The number of hydrogen-bond donors (Lipinski definition) is 1. The van der Waals surface area contributed by atoms with E-state index in [0.29, 0.717) is 12.1 Å². The summed E-state index contributed by atoms with van der Waals surface area (Å²) in [6, 6.07) is 5.79. The molecule has 0 aliphatic rings. The van der Waals surface area contributed by atoms with Crippen LogP contribution in [-0.4, -0.2) is 40.4 Å². The molecule has 1 unspecified atom stereocenters. The summed E-state index contributed by atoms with van der Waals surface area (Å²) in [6.07, 6.45) is -0.190. The van der Waals surface area contributed by atoms with Crippen molar-refractivity contribution >= 4 is 11.7 Å². The Morgan fingerprint density at radius 2 is 1.77 bits per heavy atom. The van der Waals surface area contributed by atoms with Crippen LogP contribution in [0.3, 0.4) is 0 Å². The SMILES string of the molecule is Cc1ccc(C)c(C(=O)CCC(=O)N(CC(C)O)C(C)C)c1. The second kappa shape index (κ2) is 8.08. The first-order valence-corrected chi connectivity index (χ1v) is 7.80. The standard InChI is InChI=1S/C18H27NO3/c1-12(2)19(11-15(5)20)18(22)9-8-17(21)16-10-13(3)6-7-14(16)4/h6-7,10,12,15,20H,8-9,11H2,1-5H3. The normalized spacial score (nSPS) is 12.3. The van der Waals surface area contributed by atoms with E-state index in [1.807, 2.05) is 45.9 Å². The first kappa shape index (κ1) is 18.4. The molecule has 0 fully saturated rings. The summed E-state index contributed by atoms with van der Waals surface area (Å²) in [7, 11) is 0. The quantitative estimate of drug-likeness (QED) is 0.788. The van der Waals surface area contributed by atoms with Gasteiger partial charge in [-0.3, -0.25) is 9.59 Å². The van der Waals surface area contributed by atoms with Crippen LogP contribution in [0.4, 0.5) is 0 Å². The van der Waals surface area contributed by atoms with Crippen molar-refractivity contribution in [2.45, 2.75) is 59.6 Å². The van der Waals surface area contributed by atoms with Gasteiger partial charge in [-0.15, -0.1) is 0 Å². The molecule has 0 bridgehead atoms. The maximum Gasteiger partial charge on any atom is 0.223 e. The molecule has 0 radical (unpaired) electrons. The maximum atomic E-state index is 12.3. The summed E-state index contributed by atoms with van der Waals surface area (Å²) in [6.45, 7) is 9.63. The number of hydrogen-bond acceptors (Lipinski definition) is 3. The molecule has 1 atom stereocenters. The van der Waals surface area contributed by atoms with Gasteiger partial charge >= 0.3 is 0 Å². The number of aryl methyl sites for hydroxylation is 2. The minimum absolute atomic E-state index is 0.00435. The molecule has 0 saturated carbocycles. The van der Waals surface area contributed by atoms with Crippen LogP contribution < -0.4 is 0 Å². The molecule has 4 nitrogen and oxygen atoms in total. The highest BCUT2D eigenvalue weighted by atomic mass is 16.3. The van der Waals surface area contributed by atoms with Crippen LogP contribution in [0.15, 0.2) is 18.2 Å². The van der Waals surface area contributed by atoms with Gasteiger partial charge in [0, 0.05) is 31.0 Å². The Hall–Kier alpha value is -1.68. The van der Waals surface area contributed by atoms with E-state index < -0.39 is 6.10 Å². The van der Waals surface area contributed by atoms with Crippen LogP contribution in [0.25, 0.3) is 0 Å². The number of carbonyl (C=O) groups excluding carboxylic acids is 2. The zero-order valence-corrected chi connectivity index (χ0v) is 14.2. The Morgan fingerprint density at radius 1 is 1.14 bits per heavy atom. The molecule has 0 spiro atoms. The lowest BCUT2D eigenvalue weighted by molar-refractivity contribution is -0.134. The zero-order valence-electron chi connectivity index (χ0n) is 14.2. The molecule has 22 heavy (non-hydrogen) atoms. The number of Topliss-reactive ketones (excluding diaryl/α,β-unsaturated/α-hetero) is 1.